The minimum Gasteiger partial charge on any atom is -0.396 e. The molecule has 0 heterocycles. The summed E-state index contributed by atoms with van der Waals surface area (Å²) >= 11 is 0. The first kappa shape index (κ1) is 5.69. The summed E-state index contributed by atoms with van der Waals surface area (Å²) in [4.78, 5) is 9.59. The van der Waals surface area contributed by atoms with Crippen molar-refractivity contribution < 1.29 is 5.11 Å². The maximum Gasteiger partial charge on any atom is 0.0842 e. The summed E-state index contributed by atoms with van der Waals surface area (Å²) in [5.41, 5.74) is 0. The van der Waals surface area contributed by atoms with Crippen LogP contribution in [0.5, 0.6) is 0 Å². The second-order valence-corrected chi connectivity index (χ2v) is 2.25. The molecule has 0 aromatic rings. The van der Waals surface area contributed by atoms with Crippen LogP contribution < -0.4 is 0 Å². The Hall–Kier alpha value is -0.440. The minimum atomic E-state index is 0.222. The molecule has 0 aromatic carbocycles. The van der Waals surface area contributed by atoms with Crippen LogP contribution in [0.2, 0.25) is 0 Å². The van der Waals surface area contributed by atoms with Crippen LogP contribution in [0.25, 0.3) is 0 Å². The average molecular weight is 115 g/mol. The number of hydrogen-bond acceptors (Lipinski definition) is 3. The van der Waals surface area contributed by atoms with Crippen molar-refractivity contribution in [2.45, 2.75) is 6.42 Å². The fourth-order valence-corrected chi connectivity index (χ4v) is 0.853. The van der Waals surface area contributed by atoms with E-state index < -0.39 is 0 Å². The zero-order chi connectivity index (χ0) is 5.98. The van der Waals surface area contributed by atoms with Crippen LogP contribution in [0.3, 0.4) is 0 Å². The van der Waals surface area contributed by atoms with Gasteiger partial charge in [-0.05, 0) is 18.3 Å². The molecule has 46 valence electrons. The number of aliphatic hydroxyl groups excluding tert-OH is 1. The Morgan fingerprint density at radius 1 is 1.62 bits per heavy atom. The molecule has 0 spiro atoms. The molecule has 1 fully saturated rings. The van der Waals surface area contributed by atoms with E-state index >= 15 is 0 Å². The molecule has 3 nitrogen and oxygen atoms in total. The van der Waals surface area contributed by atoms with E-state index in [1.54, 1.807) is 0 Å². The first-order valence-electron chi connectivity index (χ1n) is 2.78. The minimum absolute atomic E-state index is 0.222. The predicted octanol–water partition coefficient (Wildman–Crippen LogP) is 0.381. The molecule has 2 atom stereocenters. The summed E-state index contributed by atoms with van der Waals surface area (Å²) in [6.07, 6.45) is 0.988. The van der Waals surface area contributed by atoms with Gasteiger partial charge in [-0.3, -0.25) is 0 Å². The fraction of sp³-hybridized carbons (Fsp3) is 1.00. The van der Waals surface area contributed by atoms with Crippen LogP contribution in [0.15, 0.2) is 5.18 Å². The summed E-state index contributed by atoms with van der Waals surface area (Å²) in [6, 6.07) is 0. The number of nitroso groups, excluding NO2 is 1. The lowest BCUT2D eigenvalue weighted by molar-refractivity contribution is 0.269. The third-order valence-corrected chi connectivity index (χ3v) is 1.61. The van der Waals surface area contributed by atoms with E-state index in [4.69, 9.17) is 5.11 Å². The molecule has 1 saturated carbocycles. The van der Waals surface area contributed by atoms with Gasteiger partial charge in [0.1, 0.15) is 0 Å². The number of aliphatic hydroxyl groups is 1. The highest BCUT2D eigenvalue weighted by molar-refractivity contribution is 4.86. The molecule has 0 bridgehead atoms. The van der Waals surface area contributed by atoms with Crippen molar-refractivity contribution in [3.05, 3.63) is 4.91 Å². The monoisotopic (exact) mass is 115 g/mol. The van der Waals surface area contributed by atoms with E-state index in [-0.39, 0.29) is 6.61 Å². The average Bonchev–Trinajstić information content (AvgIpc) is 2.48. The van der Waals surface area contributed by atoms with Gasteiger partial charge in [-0.1, -0.05) is 5.18 Å². The zero-order valence-corrected chi connectivity index (χ0v) is 4.58. The predicted molar refractivity (Wildman–Crippen MR) is 29.3 cm³/mol. The first-order chi connectivity index (χ1) is 3.88. The number of hydrogen-bond donors (Lipinski definition) is 1. The summed E-state index contributed by atoms with van der Waals surface area (Å²) < 4.78 is 0. The van der Waals surface area contributed by atoms with Gasteiger partial charge in [-0.25, -0.2) is 0 Å². The van der Waals surface area contributed by atoms with Crippen LogP contribution in [-0.4, -0.2) is 18.3 Å². The second kappa shape index (κ2) is 2.22. The Labute approximate surface area is 47.7 Å². The molecule has 0 aliphatic heterocycles. The molecule has 1 N–H and O–H groups in total. The van der Waals surface area contributed by atoms with E-state index in [2.05, 4.69) is 5.18 Å². The molecule has 8 heavy (non-hydrogen) atoms. The summed E-state index contributed by atoms with van der Waals surface area (Å²) in [6.45, 7) is 0.616. The van der Waals surface area contributed by atoms with Gasteiger partial charge in [0.2, 0.25) is 0 Å². The van der Waals surface area contributed by atoms with Crippen molar-refractivity contribution in [1.29, 1.82) is 0 Å². The summed E-state index contributed by atoms with van der Waals surface area (Å²) in [5, 5.41) is 11.2. The van der Waals surface area contributed by atoms with Crippen LogP contribution in [0.1, 0.15) is 6.42 Å². The smallest absolute Gasteiger partial charge is 0.0842 e. The van der Waals surface area contributed by atoms with E-state index in [0.29, 0.717) is 18.4 Å². The Morgan fingerprint density at radius 2 is 2.38 bits per heavy atom. The van der Waals surface area contributed by atoms with E-state index in [1.807, 2.05) is 0 Å². The van der Waals surface area contributed by atoms with Crippen LogP contribution in [0, 0.1) is 16.7 Å². The van der Waals surface area contributed by atoms with Gasteiger partial charge in [-0.2, -0.15) is 4.91 Å². The lowest BCUT2D eigenvalue weighted by atomic mass is 10.3. The second-order valence-electron chi connectivity index (χ2n) is 2.25. The lowest BCUT2D eigenvalue weighted by Gasteiger charge is -1.84. The molecular formula is C5H9NO2. The van der Waals surface area contributed by atoms with Crippen molar-refractivity contribution >= 4 is 0 Å². The maximum atomic E-state index is 9.59. The van der Waals surface area contributed by atoms with E-state index in [9.17, 15) is 4.91 Å². The van der Waals surface area contributed by atoms with Crippen molar-refractivity contribution in [3.8, 4) is 0 Å². The Bertz CT molecular complexity index is 94.4. The molecule has 2 unspecified atom stereocenters. The molecule has 0 saturated heterocycles. The third kappa shape index (κ3) is 1.04. The van der Waals surface area contributed by atoms with Crippen LogP contribution in [0.4, 0.5) is 0 Å². The van der Waals surface area contributed by atoms with Crippen molar-refractivity contribution in [3.63, 3.8) is 0 Å². The molecule has 0 aromatic heterocycles. The number of nitrogens with zero attached hydrogens (tertiary/aromatic N) is 1. The first-order valence-corrected chi connectivity index (χ1v) is 2.78. The van der Waals surface area contributed by atoms with Crippen LogP contribution >= 0.6 is 0 Å². The highest BCUT2D eigenvalue weighted by atomic mass is 16.3. The number of rotatable bonds is 3. The highest BCUT2D eigenvalue weighted by Gasteiger charge is 2.36. The van der Waals surface area contributed by atoms with Gasteiger partial charge in [0.25, 0.3) is 0 Å². The SMILES string of the molecule is O=NCC1CC1CO. The molecule has 3 heteroatoms. The van der Waals surface area contributed by atoms with Gasteiger partial charge < -0.3 is 5.11 Å². The molecule has 1 rings (SSSR count). The molecular weight excluding hydrogens is 106 g/mol. The standard InChI is InChI=1S/C5H9NO2/c7-3-5-1-4(5)2-6-8/h4-5,7H,1-3H2. The molecule has 0 radical (unpaired) electrons. The van der Waals surface area contributed by atoms with Gasteiger partial charge in [0, 0.05) is 6.61 Å². The Balaban J connectivity index is 2.07. The van der Waals surface area contributed by atoms with Crippen molar-refractivity contribution in [2.24, 2.45) is 17.0 Å². The van der Waals surface area contributed by atoms with Crippen molar-refractivity contribution in [2.75, 3.05) is 13.2 Å². The van der Waals surface area contributed by atoms with Gasteiger partial charge in [-0.15, -0.1) is 0 Å². The summed E-state index contributed by atoms with van der Waals surface area (Å²) in [7, 11) is 0. The van der Waals surface area contributed by atoms with E-state index in [1.165, 1.54) is 0 Å². The summed E-state index contributed by atoms with van der Waals surface area (Å²) in [5.74, 6) is 0.783. The van der Waals surface area contributed by atoms with Crippen LogP contribution in [-0.2, 0) is 0 Å². The van der Waals surface area contributed by atoms with Gasteiger partial charge in [0.05, 0.1) is 6.54 Å². The molecule has 0 amide bonds. The Kier molecular flexibility index (Phi) is 1.58. The van der Waals surface area contributed by atoms with Gasteiger partial charge in [0.15, 0.2) is 0 Å². The fourth-order valence-electron chi connectivity index (χ4n) is 0.853. The topological polar surface area (TPSA) is 49.7 Å². The Morgan fingerprint density at radius 3 is 2.75 bits per heavy atom. The van der Waals surface area contributed by atoms with Crippen molar-refractivity contribution in [1.82, 2.24) is 0 Å². The third-order valence-electron chi connectivity index (χ3n) is 1.61. The zero-order valence-electron chi connectivity index (χ0n) is 4.58. The molecule has 1 aliphatic rings. The lowest BCUT2D eigenvalue weighted by Crippen LogP contribution is -1.90. The quantitative estimate of drug-likeness (QED) is 0.540. The normalized spacial score (nSPS) is 34.6. The highest BCUT2D eigenvalue weighted by Crippen LogP contribution is 2.37. The van der Waals surface area contributed by atoms with Gasteiger partial charge >= 0.3 is 0 Å². The molecule has 1 aliphatic carbocycles. The largest absolute Gasteiger partial charge is 0.396 e. The maximum absolute atomic E-state index is 9.59. The van der Waals surface area contributed by atoms with E-state index in [0.717, 1.165) is 6.42 Å².